The van der Waals surface area contributed by atoms with Crippen molar-refractivity contribution in [2.45, 2.75) is 6.54 Å². The number of aromatic nitrogens is 3. The zero-order valence-corrected chi connectivity index (χ0v) is 18.1. The minimum absolute atomic E-state index is 0.0357. The highest BCUT2D eigenvalue weighted by Gasteiger charge is 2.19. The van der Waals surface area contributed by atoms with Crippen molar-refractivity contribution in [2.24, 2.45) is 0 Å². The van der Waals surface area contributed by atoms with Crippen LogP contribution in [0, 0.1) is 0 Å². The van der Waals surface area contributed by atoms with Gasteiger partial charge in [-0.25, -0.2) is 9.67 Å². The lowest BCUT2D eigenvalue weighted by atomic mass is 10.1. The molecule has 0 spiro atoms. The maximum atomic E-state index is 11.7. The van der Waals surface area contributed by atoms with Crippen LogP contribution in [0.3, 0.4) is 0 Å². The van der Waals surface area contributed by atoms with Gasteiger partial charge in [-0.2, -0.15) is 5.10 Å². The zero-order valence-electron chi connectivity index (χ0n) is 15.7. The number of methoxy groups -OCH3 is 1. The molecule has 0 bridgehead atoms. The Kier molecular flexibility index (Phi) is 5.84. The van der Waals surface area contributed by atoms with E-state index in [9.17, 15) is 4.79 Å². The molecule has 0 aliphatic carbocycles. The third-order valence-corrected chi connectivity index (χ3v) is 5.29. The second-order valence-electron chi connectivity index (χ2n) is 6.71. The predicted octanol–water partition coefficient (Wildman–Crippen LogP) is 3.29. The van der Waals surface area contributed by atoms with E-state index in [4.69, 9.17) is 21.4 Å². The van der Waals surface area contributed by atoms with Gasteiger partial charge in [0.05, 0.1) is 30.7 Å². The van der Waals surface area contributed by atoms with E-state index < -0.39 is 0 Å². The molecule has 1 N–H and O–H groups in total. The van der Waals surface area contributed by atoms with Gasteiger partial charge in [-0.15, -0.1) is 0 Å². The van der Waals surface area contributed by atoms with Crippen LogP contribution in [0.1, 0.15) is 5.69 Å². The summed E-state index contributed by atoms with van der Waals surface area (Å²) in [6.07, 6.45) is 1.65. The SMILES string of the molecule is COc1cc(Br)cc(-c2cc(CN3CCNC(=O)C3)nn2-c2ccnc(Cl)c2)c1. The number of nitrogens with one attached hydrogen (secondary N) is 1. The molecule has 150 valence electrons. The summed E-state index contributed by atoms with van der Waals surface area (Å²) in [5.74, 6) is 0.776. The number of piperazine rings is 1. The highest BCUT2D eigenvalue weighted by Crippen LogP contribution is 2.31. The maximum Gasteiger partial charge on any atom is 0.234 e. The van der Waals surface area contributed by atoms with Gasteiger partial charge in [0.1, 0.15) is 10.9 Å². The predicted molar refractivity (Wildman–Crippen MR) is 114 cm³/mol. The molecule has 0 saturated carbocycles. The number of amides is 1. The van der Waals surface area contributed by atoms with E-state index in [1.54, 1.807) is 19.4 Å². The first-order valence-electron chi connectivity index (χ1n) is 9.07. The molecule has 2 aromatic heterocycles. The maximum absolute atomic E-state index is 11.7. The van der Waals surface area contributed by atoms with Crippen molar-refractivity contribution in [3.8, 4) is 22.7 Å². The molecule has 1 aromatic carbocycles. The Labute approximate surface area is 181 Å². The third-order valence-electron chi connectivity index (χ3n) is 4.62. The molecule has 4 rings (SSSR count). The number of carbonyl (C=O) groups is 1. The van der Waals surface area contributed by atoms with Crippen LogP contribution in [0.2, 0.25) is 5.15 Å². The van der Waals surface area contributed by atoms with Crippen LogP contribution >= 0.6 is 27.5 Å². The van der Waals surface area contributed by atoms with Crippen LogP contribution < -0.4 is 10.1 Å². The molecule has 3 aromatic rings. The molecule has 0 atom stereocenters. The first kappa shape index (κ1) is 19.9. The molecule has 1 fully saturated rings. The normalized spacial score (nSPS) is 14.7. The van der Waals surface area contributed by atoms with Gasteiger partial charge in [0, 0.05) is 41.9 Å². The smallest absolute Gasteiger partial charge is 0.234 e. The summed E-state index contributed by atoms with van der Waals surface area (Å²) in [5.41, 5.74) is 3.51. The van der Waals surface area contributed by atoms with Crippen LogP contribution in [0.5, 0.6) is 5.75 Å². The molecular weight excluding hydrogens is 458 g/mol. The Morgan fingerprint density at radius 1 is 1.28 bits per heavy atom. The Hall–Kier alpha value is -2.42. The molecule has 7 nitrogen and oxygen atoms in total. The van der Waals surface area contributed by atoms with Crippen molar-refractivity contribution in [1.29, 1.82) is 0 Å². The molecule has 0 unspecified atom stereocenters. The quantitative estimate of drug-likeness (QED) is 0.572. The first-order chi connectivity index (χ1) is 14.0. The van der Waals surface area contributed by atoms with E-state index >= 15 is 0 Å². The summed E-state index contributed by atoms with van der Waals surface area (Å²) in [6, 6.07) is 11.5. The monoisotopic (exact) mass is 475 g/mol. The molecule has 0 radical (unpaired) electrons. The van der Waals surface area contributed by atoms with Crippen LogP contribution in [0.15, 0.2) is 47.1 Å². The Balaban J connectivity index is 1.77. The minimum Gasteiger partial charge on any atom is -0.497 e. The summed E-state index contributed by atoms with van der Waals surface area (Å²) in [7, 11) is 1.64. The number of ether oxygens (including phenoxy) is 1. The van der Waals surface area contributed by atoms with Crippen molar-refractivity contribution < 1.29 is 9.53 Å². The fourth-order valence-corrected chi connectivity index (χ4v) is 3.96. The van der Waals surface area contributed by atoms with Crippen molar-refractivity contribution in [3.63, 3.8) is 0 Å². The lowest BCUT2D eigenvalue weighted by Crippen LogP contribution is -2.47. The summed E-state index contributed by atoms with van der Waals surface area (Å²) in [6.45, 7) is 2.39. The fraction of sp³-hybridized carbons (Fsp3) is 0.250. The van der Waals surface area contributed by atoms with Gasteiger partial charge in [0.25, 0.3) is 0 Å². The molecule has 1 aliphatic heterocycles. The second-order valence-corrected chi connectivity index (χ2v) is 8.01. The van der Waals surface area contributed by atoms with E-state index in [0.717, 1.165) is 39.4 Å². The lowest BCUT2D eigenvalue weighted by molar-refractivity contribution is -0.124. The Bertz CT molecular complexity index is 1060. The van der Waals surface area contributed by atoms with E-state index in [-0.39, 0.29) is 5.91 Å². The molecule has 29 heavy (non-hydrogen) atoms. The molecular formula is C20H19BrClN5O2. The van der Waals surface area contributed by atoms with Crippen LogP contribution in [0.4, 0.5) is 0 Å². The Morgan fingerprint density at radius 2 is 2.14 bits per heavy atom. The molecule has 1 saturated heterocycles. The number of rotatable bonds is 5. The van der Waals surface area contributed by atoms with Crippen LogP contribution in [-0.2, 0) is 11.3 Å². The molecule has 1 aliphatic rings. The van der Waals surface area contributed by atoms with E-state index in [1.165, 1.54) is 0 Å². The minimum atomic E-state index is 0.0357. The van der Waals surface area contributed by atoms with Gasteiger partial charge < -0.3 is 10.1 Å². The number of hydrogen-bond donors (Lipinski definition) is 1. The van der Waals surface area contributed by atoms with E-state index in [2.05, 4.69) is 31.1 Å². The number of benzene rings is 1. The number of hydrogen-bond acceptors (Lipinski definition) is 5. The van der Waals surface area contributed by atoms with Gasteiger partial charge in [-0.3, -0.25) is 9.69 Å². The average molecular weight is 477 g/mol. The van der Waals surface area contributed by atoms with Gasteiger partial charge in [0.15, 0.2) is 0 Å². The highest BCUT2D eigenvalue weighted by molar-refractivity contribution is 9.10. The van der Waals surface area contributed by atoms with E-state index in [1.807, 2.05) is 35.0 Å². The fourth-order valence-electron chi connectivity index (χ4n) is 3.32. The number of carbonyl (C=O) groups excluding carboxylic acids is 1. The van der Waals surface area contributed by atoms with Crippen molar-refractivity contribution in [2.75, 3.05) is 26.7 Å². The number of pyridine rings is 1. The summed E-state index contributed by atoms with van der Waals surface area (Å²) >= 11 is 9.66. The molecule has 9 heteroatoms. The largest absolute Gasteiger partial charge is 0.497 e. The first-order valence-corrected chi connectivity index (χ1v) is 10.2. The highest BCUT2D eigenvalue weighted by atomic mass is 79.9. The molecule has 3 heterocycles. The van der Waals surface area contributed by atoms with Gasteiger partial charge in [-0.1, -0.05) is 27.5 Å². The van der Waals surface area contributed by atoms with Gasteiger partial charge in [-0.05, 0) is 30.3 Å². The van der Waals surface area contributed by atoms with Gasteiger partial charge in [0.2, 0.25) is 5.91 Å². The topological polar surface area (TPSA) is 72.3 Å². The zero-order chi connectivity index (χ0) is 20.4. The number of halogens is 2. The van der Waals surface area contributed by atoms with E-state index in [0.29, 0.717) is 24.8 Å². The summed E-state index contributed by atoms with van der Waals surface area (Å²) in [5, 5.41) is 8.04. The van der Waals surface area contributed by atoms with Crippen molar-refractivity contribution in [3.05, 3.63) is 57.9 Å². The Morgan fingerprint density at radius 3 is 2.90 bits per heavy atom. The van der Waals surface area contributed by atoms with Gasteiger partial charge >= 0.3 is 0 Å². The van der Waals surface area contributed by atoms with Crippen molar-refractivity contribution >= 4 is 33.4 Å². The molecule has 1 amide bonds. The summed E-state index contributed by atoms with van der Waals surface area (Å²) in [4.78, 5) is 17.8. The second kappa shape index (κ2) is 8.52. The average Bonchev–Trinajstić information content (AvgIpc) is 3.11. The number of nitrogens with zero attached hydrogens (tertiary/aromatic N) is 4. The van der Waals surface area contributed by atoms with Crippen LogP contribution in [0.25, 0.3) is 16.9 Å². The van der Waals surface area contributed by atoms with Crippen LogP contribution in [-0.4, -0.2) is 52.3 Å². The third kappa shape index (κ3) is 4.60. The van der Waals surface area contributed by atoms with Crippen molar-refractivity contribution in [1.82, 2.24) is 25.0 Å². The standard InChI is InChI=1S/C20H19BrClN5O2/c1-29-17-7-13(6-14(21)8-17)18-9-15(11-26-5-4-24-20(28)12-26)25-27(18)16-2-3-23-19(22)10-16/h2-3,6-10H,4-5,11-12H2,1H3,(H,24,28). The lowest BCUT2D eigenvalue weighted by Gasteiger charge is -2.25. The summed E-state index contributed by atoms with van der Waals surface area (Å²) < 4.78 is 8.16.